The summed E-state index contributed by atoms with van der Waals surface area (Å²) in [5.41, 5.74) is -0.169. The molecule has 0 radical (unpaired) electrons. The number of rotatable bonds is 7. The molecule has 1 aromatic carbocycles. The summed E-state index contributed by atoms with van der Waals surface area (Å²) in [6.45, 7) is 2.65. The molecule has 0 saturated carbocycles. The molecule has 3 aromatic rings. The molecule has 7 nitrogen and oxygen atoms in total. The van der Waals surface area contributed by atoms with Crippen molar-refractivity contribution < 1.29 is 22.7 Å². The summed E-state index contributed by atoms with van der Waals surface area (Å²) in [5.74, 6) is -1.37. The first-order valence-electron chi connectivity index (χ1n) is 11.4. The molecule has 35 heavy (non-hydrogen) atoms. The highest BCUT2D eigenvalue weighted by Gasteiger charge is 2.39. The number of carbonyl (C=O) groups is 1. The smallest absolute Gasteiger partial charge is 0.266 e. The fraction of sp³-hybridized carbons (Fsp3) is 0.440. The number of ether oxygens (including phenoxy) is 1. The van der Waals surface area contributed by atoms with Crippen LogP contribution in [0.2, 0.25) is 0 Å². The minimum Gasteiger partial charge on any atom is -0.373 e. The molecule has 1 aliphatic heterocycles. The van der Waals surface area contributed by atoms with Gasteiger partial charge in [0.15, 0.2) is 0 Å². The highest BCUT2D eigenvalue weighted by molar-refractivity contribution is 5.78. The molecule has 0 spiro atoms. The molecule has 0 N–H and O–H groups in total. The lowest BCUT2D eigenvalue weighted by molar-refractivity contribution is -0.124. The number of benzene rings is 1. The number of hydrogen-bond acceptors (Lipinski definition) is 5. The van der Waals surface area contributed by atoms with Gasteiger partial charge in [0.25, 0.3) is 12.0 Å². The minimum absolute atomic E-state index is 0.175. The van der Waals surface area contributed by atoms with Gasteiger partial charge in [-0.2, -0.15) is 0 Å². The first-order valence-corrected chi connectivity index (χ1v) is 11.4. The van der Waals surface area contributed by atoms with Crippen molar-refractivity contribution in [2.75, 3.05) is 20.2 Å². The summed E-state index contributed by atoms with van der Waals surface area (Å²) in [6, 6.07) is 5.73. The zero-order chi connectivity index (χ0) is 25.3. The lowest BCUT2D eigenvalue weighted by atomic mass is 9.84. The first-order chi connectivity index (χ1) is 16.7. The molecule has 1 fully saturated rings. The van der Waals surface area contributed by atoms with Crippen LogP contribution < -0.4 is 5.56 Å². The summed E-state index contributed by atoms with van der Waals surface area (Å²) >= 11 is 0. The highest BCUT2D eigenvalue weighted by atomic mass is 19.3. The summed E-state index contributed by atoms with van der Waals surface area (Å²) in [5, 5.41) is 0.608. The summed E-state index contributed by atoms with van der Waals surface area (Å²) in [4.78, 5) is 34.8. The summed E-state index contributed by atoms with van der Waals surface area (Å²) in [6.07, 6.45) is 0.369. The molecule has 2 aromatic heterocycles. The van der Waals surface area contributed by atoms with Crippen LogP contribution in [0.4, 0.5) is 13.2 Å². The largest absolute Gasteiger partial charge is 0.373 e. The molecule has 1 aliphatic rings. The van der Waals surface area contributed by atoms with Crippen LogP contribution in [-0.4, -0.2) is 46.0 Å². The van der Waals surface area contributed by atoms with Crippen LogP contribution in [0.1, 0.15) is 54.5 Å². The Kier molecular flexibility index (Phi) is 6.93. The van der Waals surface area contributed by atoms with Crippen molar-refractivity contribution in [2.24, 2.45) is 7.05 Å². The Labute approximate surface area is 200 Å². The Morgan fingerprint density at radius 2 is 1.89 bits per heavy atom. The Balaban J connectivity index is 1.78. The van der Waals surface area contributed by atoms with Gasteiger partial charge in [0.1, 0.15) is 23.4 Å². The van der Waals surface area contributed by atoms with Crippen molar-refractivity contribution in [1.29, 1.82) is 0 Å². The number of alkyl halides is 2. The van der Waals surface area contributed by atoms with Crippen molar-refractivity contribution in [3.8, 4) is 0 Å². The number of piperidine rings is 1. The van der Waals surface area contributed by atoms with Crippen LogP contribution in [0, 0.1) is 5.82 Å². The standard InChI is InChI=1S/C25H27F3N4O3/c1-15(16-5-4-6-17(21(16)26)22(27)28)11-20-18-12-19(24(34)31(2)23(18)30-13-29-20)25(35-3)7-9-32(14-33)10-8-25/h4-6,12-15,22H,7-11H2,1-3H3/t15-/m0/s1. The number of halogens is 3. The predicted octanol–water partition coefficient (Wildman–Crippen LogP) is 3.85. The van der Waals surface area contributed by atoms with E-state index in [4.69, 9.17) is 4.74 Å². The second-order valence-corrected chi connectivity index (χ2v) is 8.98. The van der Waals surface area contributed by atoms with Gasteiger partial charge in [-0.05, 0) is 36.8 Å². The molecule has 1 saturated heterocycles. The van der Waals surface area contributed by atoms with Crippen molar-refractivity contribution in [1.82, 2.24) is 19.4 Å². The van der Waals surface area contributed by atoms with Gasteiger partial charge < -0.3 is 9.64 Å². The Morgan fingerprint density at radius 3 is 2.51 bits per heavy atom. The number of nitrogens with zero attached hydrogens (tertiary/aromatic N) is 4. The third-order valence-corrected chi connectivity index (χ3v) is 7.05. The van der Waals surface area contributed by atoms with E-state index in [-0.39, 0.29) is 17.5 Å². The Morgan fingerprint density at radius 1 is 1.20 bits per heavy atom. The number of pyridine rings is 1. The normalized spacial score (nSPS) is 16.6. The number of fused-ring (bicyclic) bond motifs is 1. The number of aromatic nitrogens is 3. The monoisotopic (exact) mass is 488 g/mol. The van der Waals surface area contributed by atoms with Crippen LogP contribution in [0.25, 0.3) is 11.0 Å². The van der Waals surface area contributed by atoms with Gasteiger partial charge in [-0.15, -0.1) is 0 Å². The number of amides is 1. The van der Waals surface area contributed by atoms with Crippen molar-refractivity contribution in [2.45, 2.75) is 44.1 Å². The van der Waals surface area contributed by atoms with Gasteiger partial charge in [0.2, 0.25) is 6.41 Å². The maximum atomic E-state index is 14.8. The predicted molar refractivity (Wildman–Crippen MR) is 124 cm³/mol. The SMILES string of the molecule is COC1(c2cc3c(C[C@H](C)c4cccc(C(F)F)c4F)ncnc3n(C)c2=O)CCN(C=O)CC1. The van der Waals surface area contributed by atoms with E-state index in [1.165, 1.54) is 23.0 Å². The van der Waals surface area contributed by atoms with Crippen LogP contribution in [0.3, 0.4) is 0 Å². The average molecular weight is 489 g/mol. The number of carbonyl (C=O) groups excluding carboxylic acids is 1. The maximum Gasteiger partial charge on any atom is 0.266 e. The van der Waals surface area contributed by atoms with Gasteiger partial charge in [-0.3, -0.25) is 14.2 Å². The van der Waals surface area contributed by atoms with E-state index < -0.39 is 29.3 Å². The van der Waals surface area contributed by atoms with Crippen LogP contribution in [0.5, 0.6) is 0 Å². The van der Waals surface area contributed by atoms with Gasteiger partial charge >= 0.3 is 0 Å². The molecule has 0 unspecified atom stereocenters. The maximum absolute atomic E-state index is 14.8. The zero-order valence-corrected chi connectivity index (χ0v) is 19.8. The molecular weight excluding hydrogens is 461 g/mol. The molecule has 10 heteroatoms. The number of methoxy groups -OCH3 is 1. The number of hydrogen-bond donors (Lipinski definition) is 0. The fourth-order valence-electron chi connectivity index (χ4n) is 4.90. The van der Waals surface area contributed by atoms with E-state index in [1.807, 2.05) is 0 Å². The van der Waals surface area contributed by atoms with Crippen molar-refractivity contribution in [3.63, 3.8) is 0 Å². The van der Waals surface area contributed by atoms with Gasteiger partial charge in [0.05, 0.1) is 16.8 Å². The molecule has 1 atom stereocenters. The van der Waals surface area contributed by atoms with Crippen LogP contribution >= 0.6 is 0 Å². The van der Waals surface area contributed by atoms with Crippen LogP contribution in [-0.2, 0) is 28.6 Å². The zero-order valence-electron chi connectivity index (χ0n) is 19.8. The minimum atomic E-state index is -2.91. The Bertz CT molecular complexity index is 1300. The lowest BCUT2D eigenvalue weighted by Gasteiger charge is -2.39. The quantitative estimate of drug-likeness (QED) is 0.473. The fourth-order valence-corrected chi connectivity index (χ4v) is 4.90. The first kappa shape index (κ1) is 24.8. The second kappa shape index (κ2) is 9.77. The summed E-state index contributed by atoms with van der Waals surface area (Å²) < 4.78 is 48.5. The average Bonchev–Trinajstić information content (AvgIpc) is 2.86. The van der Waals surface area contributed by atoms with Crippen LogP contribution in [0.15, 0.2) is 35.4 Å². The molecule has 1 amide bonds. The summed E-state index contributed by atoms with van der Waals surface area (Å²) in [7, 11) is 3.16. The van der Waals surface area contributed by atoms with E-state index >= 15 is 0 Å². The molecule has 4 rings (SSSR count). The topological polar surface area (TPSA) is 77.3 Å². The second-order valence-electron chi connectivity index (χ2n) is 8.98. The van der Waals surface area contributed by atoms with E-state index in [0.29, 0.717) is 48.2 Å². The highest BCUT2D eigenvalue weighted by Crippen LogP contribution is 2.36. The lowest BCUT2D eigenvalue weighted by Crippen LogP contribution is -2.46. The van der Waals surface area contributed by atoms with Crippen molar-refractivity contribution in [3.05, 3.63) is 69.1 Å². The molecule has 186 valence electrons. The molecule has 0 bridgehead atoms. The number of aryl methyl sites for hydroxylation is 1. The molecular formula is C25H27F3N4O3. The Hall–Kier alpha value is -3.27. The van der Waals surface area contributed by atoms with E-state index in [9.17, 15) is 22.8 Å². The third-order valence-electron chi connectivity index (χ3n) is 7.05. The van der Waals surface area contributed by atoms with Crippen molar-refractivity contribution >= 4 is 17.4 Å². The van der Waals surface area contributed by atoms with Gasteiger partial charge in [0, 0.05) is 32.6 Å². The van der Waals surface area contributed by atoms with Gasteiger partial charge in [-0.1, -0.05) is 25.1 Å². The number of likely N-dealkylation sites (tertiary alicyclic amines) is 1. The van der Waals surface area contributed by atoms with Gasteiger partial charge in [-0.25, -0.2) is 23.1 Å². The third kappa shape index (κ3) is 4.42. The van der Waals surface area contributed by atoms with E-state index in [1.54, 1.807) is 32.0 Å². The van der Waals surface area contributed by atoms with E-state index in [0.717, 1.165) is 12.5 Å². The molecule has 0 aliphatic carbocycles. The van der Waals surface area contributed by atoms with E-state index in [2.05, 4.69) is 9.97 Å². The molecule has 3 heterocycles.